The van der Waals surface area contributed by atoms with Gasteiger partial charge in [0.2, 0.25) is 0 Å². The molecule has 104 valence electrons. The van der Waals surface area contributed by atoms with E-state index >= 15 is 0 Å². The molecule has 6 nitrogen and oxygen atoms in total. The summed E-state index contributed by atoms with van der Waals surface area (Å²) in [5.41, 5.74) is 5.99. The van der Waals surface area contributed by atoms with Gasteiger partial charge in [0.25, 0.3) is 0 Å². The van der Waals surface area contributed by atoms with Gasteiger partial charge >= 0.3 is 0 Å². The molecule has 0 saturated carbocycles. The van der Waals surface area contributed by atoms with Gasteiger partial charge < -0.3 is 15.7 Å². The standard InChI is InChI=1S/C13H21N5O/c14-13(15)11-3-1-4-12(16-11)18-6-2-5-17(7-8-18)9-10-19/h1,3-4,19H,2,5-10H2,(H3,14,15). The van der Waals surface area contributed by atoms with Crippen molar-refractivity contribution < 1.29 is 5.11 Å². The first-order chi connectivity index (χ1) is 9.20. The second-order valence-corrected chi connectivity index (χ2v) is 4.70. The van der Waals surface area contributed by atoms with E-state index in [1.165, 1.54) is 0 Å². The van der Waals surface area contributed by atoms with E-state index in [0.29, 0.717) is 5.69 Å². The Morgan fingerprint density at radius 1 is 1.32 bits per heavy atom. The highest BCUT2D eigenvalue weighted by atomic mass is 16.3. The largest absolute Gasteiger partial charge is 0.395 e. The Bertz CT molecular complexity index is 437. The molecule has 1 saturated heterocycles. The van der Waals surface area contributed by atoms with Crippen LogP contribution in [0.25, 0.3) is 0 Å². The van der Waals surface area contributed by atoms with E-state index < -0.39 is 0 Å². The fourth-order valence-electron chi connectivity index (χ4n) is 2.31. The van der Waals surface area contributed by atoms with Crippen molar-refractivity contribution in [2.45, 2.75) is 6.42 Å². The normalized spacial score (nSPS) is 17.2. The Morgan fingerprint density at radius 3 is 2.89 bits per heavy atom. The summed E-state index contributed by atoms with van der Waals surface area (Å²) in [6.07, 6.45) is 1.05. The van der Waals surface area contributed by atoms with Crippen LogP contribution in [0.2, 0.25) is 0 Å². The summed E-state index contributed by atoms with van der Waals surface area (Å²) in [4.78, 5) is 8.89. The number of rotatable bonds is 4. The number of aromatic nitrogens is 1. The summed E-state index contributed by atoms with van der Waals surface area (Å²) in [5, 5.41) is 16.4. The SMILES string of the molecule is N=C(N)c1cccc(N2CCCN(CCO)CC2)n1. The third-order valence-electron chi connectivity index (χ3n) is 3.34. The van der Waals surface area contributed by atoms with Crippen molar-refractivity contribution in [3.05, 3.63) is 23.9 Å². The van der Waals surface area contributed by atoms with Gasteiger partial charge in [-0.25, -0.2) is 4.98 Å². The van der Waals surface area contributed by atoms with E-state index in [2.05, 4.69) is 14.8 Å². The summed E-state index contributed by atoms with van der Waals surface area (Å²) in [6, 6.07) is 5.59. The lowest BCUT2D eigenvalue weighted by Gasteiger charge is -2.22. The average molecular weight is 263 g/mol. The zero-order chi connectivity index (χ0) is 13.7. The van der Waals surface area contributed by atoms with Gasteiger partial charge in [-0.3, -0.25) is 10.3 Å². The zero-order valence-electron chi connectivity index (χ0n) is 11.0. The predicted molar refractivity (Wildman–Crippen MR) is 75.6 cm³/mol. The maximum Gasteiger partial charge on any atom is 0.141 e. The van der Waals surface area contributed by atoms with Crippen LogP contribution in [0.3, 0.4) is 0 Å². The quantitative estimate of drug-likeness (QED) is 0.520. The predicted octanol–water partition coefficient (Wildman–Crippen LogP) is -0.130. The molecule has 0 spiro atoms. The van der Waals surface area contributed by atoms with E-state index in [1.54, 1.807) is 6.07 Å². The fourth-order valence-corrected chi connectivity index (χ4v) is 2.31. The van der Waals surface area contributed by atoms with Crippen LogP contribution in [0, 0.1) is 5.41 Å². The van der Waals surface area contributed by atoms with Gasteiger partial charge in [0.1, 0.15) is 17.3 Å². The Morgan fingerprint density at radius 2 is 2.16 bits per heavy atom. The monoisotopic (exact) mass is 263 g/mol. The Balaban J connectivity index is 2.05. The van der Waals surface area contributed by atoms with Crippen molar-refractivity contribution in [3.8, 4) is 0 Å². The molecule has 0 unspecified atom stereocenters. The molecule has 0 radical (unpaired) electrons. The molecule has 1 aromatic heterocycles. The first-order valence-electron chi connectivity index (χ1n) is 6.60. The van der Waals surface area contributed by atoms with E-state index in [1.807, 2.05) is 12.1 Å². The number of aliphatic hydroxyl groups excluding tert-OH is 1. The lowest BCUT2D eigenvalue weighted by molar-refractivity contribution is 0.204. The third-order valence-corrected chi connectivity index (χ3v) is 3.34. The smallest absolute Gasteiger partial charge is 0.141 e. The minimum Gasteiger partial charge on any atom is -0.395 e. The van der Waals surface area contributed by atoms with Gasteiger partial charge in [0.15, 0.2) is 0 Å². The number of pyridine rings is 1. The van der Waals surface area contributed by atoms with Crippen molar-refractivity contribution in [1.82, 2.24) is 9.88 Å². The minimum absolute atomic E-state index is 0.00132. The average Bonchev–Trinajstić information content (AvgIpc) is 2.65. The molecule has 1 fully saturated rings. The van der Waals surface area contributed by atoms with Crippen LogP contribution in [0.15, 0.2) is 18.2 Å². The van der Waals surface area contributed by atoms with Crippen LogP contribution >= 0.6 is 0 Å². The molecule has 0 atom stereocenters. The first-order valence-corrected chi connectivity index (χ1v) is 6.60. The summed E-state index contributed by atoms with van der Waals surface area (Å²) in [5.74, 6) is 0.872. The molecule has 6 heteroatoms. The lowest BCUT2D eigenvalue weighted by Crippen LogP contribution is -2.33. The number of hydrogen-bond acceptors (Lipinski definition) is 5. The molecule has 0 aliphatic carbocycles. The number of aliphatic hydroxyl groups is 1. The Hall–Kier alpha value is -1.66. The number of anilines is 1. The van der Waals surface area contributed by atoms with Crippen molar-refractivity contribution >= 4 is 11.7 Å². The maximum absolute atomic E-state index is 8.99. The molecular formula is C13H21N5O. The minimum atomic E-state index is -0.00132. The molecule has 0 amide bonds. The van der Waals surface area contributed by atoms with E-state index in [9.17, 15) is 0 Å². The van der Waals surface area contributed by atoms with E-state index in [-0.39, 0.29) is 12.4 Å². The van der Waals surface area contributed by atoms with Gasteiger partial charge in [0.05, 0.1) is 6.61 Å². The molecule has 0 aromatic carbocycles. The topological polar surface area (TPSA) is 89.5 Å². The van der Waals surface area contributed by atoms with Crippen LogP contribution < -0.4 is 10.6 Å². The summed E-state index contributed by atoms with van der Waals surface area (Å²) < 4.78 is 0. The zero-order valence-corrected chi connectivity index (χ0v) is 11.0. The molecular weight excluding hydrogens is 242 g/mol. The first kappa shape index (κ1) is 13.8. The summed E-state index contributed by atoms with van der Waals surface area (Å²) in [6.45, 7) is 4.69. The third kappa shape index (κ3) is 3.65. The lowest BCUT2D eigenvalue weighted by atomic mass is 10.3. The number of β-amino-alcohol motifs (C(OH)–C–C–N with tert-alkyl or cyclic N) is 1. The maximum atomic E-state index is 8.99. The number of nitrogens with two attached hydrogens (primary N) is 1. The van der Waals surface area contributed by atoms with Crippen molar-refractivity contribution in [2.24, 2.45) is 5.73 Å². The molecule has 2 heterocycles. The highest BCUT2D eigenvalue weighted by Gasteiger charge is 2.15. The summed E-state index contributed by atoms with van der Waals surface area (Å²) in [7, 11) is 0. The van der Waals surface area contributed by atoms with Crippen molar-refractivity contribution in [2.75, 3.05) is 44.2 Å². The number of nitrogens with zero attached hydrogens (tertiary/aromatic N) is 3. The van der Waals surface area contributed by atoms with Crippen LogP contribution in [0.4, 0.5) is 5.82 Å². The van der Waals surface area contributed by atoms with Gasteiger partial charge in [0, 0.05) is 26.2 Å². The number of hydrogen-bond donors (Lipinski definition) is 3. The van der Waals surface area contributed by atoms with E-state index in [4.69, 9.17) is 16.2 Å². The van der Waals surface area contributed by atoms with Crippen molar-refractivity contribution in [1.29, 1.82) is 5.41 Å². The molecule has 2 rings (SSSR count). The van der Waals surface area contributed by atoms with Gasteiger partial charge in [-0.05, 0) is 25.1 Å². The van der Waals surface area contributed by atoms with Crippen LogP contribution in [0.1, 0.15) is 12.1 Å². The second-order valence-electron chi connectivity index (χ2n) is 4.70. The number of nitrogen functional groups attached to an aromatic ring is 1. The van der Waals surface area contributed by atoms with Crippen LogP contribution in [-0.2, 0) is 0 Å². The van der Waals surface area contributed by atoms with E-state index in [0.717, 1.165) is 45.0 Å². The van der Waals surface area contributed by atoms with Crippen LogP contribution in [-0.4, -0.2) is 60.2 Å². The summed E-state index contributed by atoms with van der Waals surface area (Å²) >= 11 is 0. The fraction of sp³-hybridized carbons (Fsp3) is 0.538. The van der Waals surface area contributed by atoms with Crippen molar-refractivity contribution in [3.63, 3.8) is 0 Å². The van der Waals surface area contributed by atoms with Crippen LogP contribution in [0.5, 0.6) is 0 Å². The molecule has 1 aliphatic rings. The van der Waals surface area contributed by atoms with Gasteiger partial charge in [-0.1, -0.05) is 6.07 Å². The Labute approximate surface area is 113 Å². The molecule has 1 aliphatic heterocycles. The molecule has 19 heavy (non-hydrogen) atoms. The number of amidine groups is 1. The molecule has 4 N–H and O–H groups in total. The Kier molecular flexibility index (Phi) is 4.70. The molecule has 0 bridgehead atoms. The number of nitrogens with one attached hydrogen (secondary N) is 1. The van der Waals surface area contributed by atoms with Gasteiger partial charge in [-0.15, -0.1) is 0 Å². The molecule has 1 aromatic rings. The highest BCUT2D eigenvalue weighted by Crippen LogP contribution is 2.14. The van der Waals surface area contributed by atoms with Gasteiger partial charge in [-0.2, -0.15) is 0 Å². The second kappa shape index (κ2) is 6.49. The highest BCUT2D eigenvalue weighted by molar-refractivity contribution is 5.93.